The zero-order valence-corrected chi connectivity index (χ0v) is 15.1. The minimum atomic E-state index is -0.646. The van der Waals surface area contributed by atoms with Crippen LogP contribution in [-0.4, -0.2) is 17.8 Å². The quantitative estimate of drug-likeness (QED) is 0.621. The van der Waals surface area contributed by atoms with E-state index in [9.17, 15) is 9.59 Å². The Bertz CT molecular complexity index is 907. The lowest BCUT2D eigenvalue weighted by atomic mass is 10.0. The molecule has 1 N–H and O–H groups in total. The summed E-state index contributed by atoms with van der Waals surface area (Å²) in [7, 11) is 0. The molecule has 3 aromatic rings. The van der Waals surface area contributed by atoms with Gasteiger partial charge in [0.1, 0.15) is 5.75 Å². The van der Waals surface area contributed by atoms with E-state index in [1.54, 1.807) is 36.4 Å². The molecule has 0 aliphatic rings. The van der Waals surface area contributed by atoms with E-state index in [2.05, 4.69) is 5.32 Å². The van der Waals surface area contributed by atoms with Crippen LogP contribution < -0.4 is 10.1 Å². The van der Waals surface area contributed by atoms with Crippen molar-refractivity contribution in [2.45, 2.75) is 19.4 Å². The molecule has 0 aromatic heterocycles. The number of carbonyl (C=O) groups excluding carboxylic acids is 2. The van der Waals surface area contributed by atoms with Crippen molar-refractivity contribution in [1.29, 1.82) is 0 Å². The van der Waals surface area contributed by atoms with Crippen molar-refractivity contribution in [2.75, 3.05) is 5.32 Å². The van der Waals surface area contributed by atoms with Crippen LogP contribution in [0.3, 0.4) is 0 Å². The Morgan fingerprint density at radius 1 is 0.852 bits per heavy atom. The van der Waals surface area contributed by atoms with Crippen molar-refractivity contribution in [3.05, 3.63) is 96.1 Å². The van der Waals surface area contributed by atoms with Crippen LogP contribution in [0.1, 0.15) is 29.3 Å². The summed E-state index contributed by atoms with van der Waals surface area (Å²) in [4.78, 5) is 25.5. The molecule has 136 valence electrons. The Morgan fingerprint density at radius 2 is 1.44 bits per heavy atom. The number of benzene rings is 3. The summed E-state index contributed by atoms with van der Waals surface area (Å²) < 4.78 is 5.79. The molecule has 0 radical (unpaired) electrons. The third-order valence-electron chi connectivity index (χ3n) is 4.15. The Kier molecular flexibility index (Phi) is 6.00. The molecule has 27 heavy (non-hydrogen) atoms. The van der Waals surface area contributed by atoms with Crippen LogP contribution in [0.25, 0.3) is 0 Å². The molecule has 0 aliphatic carbocycles. The summed E-state index contributed by atoms with van der Waals surface area (Å²) in [5.74, 6) is 0.214. The van der Waals surface area contributed by atoms with Crippen LogP contribution in [-0.2, 0) is 4.79 Å². The summed E-state index contributed by atoms with van der Waals surface area (Å²) in [6, 6.07) is 25.2. The molecule has 0 aliphatic heterocycles. The van der Waals surface area contributed by atoms with Gasteiger partial charge in [0.15, 0.2) is 11.9 Å². The van der Waals surface area contributed by atoms with Gasteiger partial charge >= 0.3 is 0 Å². The topological polar surface area (TPSA) is 55.4 Å². The first-order chi connectivity index (χ1) is 13.2. The number of hydrogen-bond acceptors (Lipinski definition) is 3. The van der Waals surface area contributed by atoms with Gasteiger partial charge in [0.25, 0.3) is 5.91 Å². The molecule has 0 saturated carbocycles. The number of hydrogen-bond donors (Lipinski definition) is 1. The van der Waals surface area contributed by atoms with E-state index in [1.165, 1.54) is 0 Å². The minimum absolute atomic E-state index is 0.136. The number of anilines is 1. The molecule has 0 saturated heterocycles. The summed E-state index contributed by atoms with van der Waals surface area (Å²) >= 11 is 0. The van der Waals surface area contributed by atoms with Crippen molar-refractivity contribution >= 4 is 17.4 Å². The second-order valence-electron chi connectivity index (χ2n) is 6.06. The Hall–Kier alpha value is -3.40. The standard InChI is InChI=1S/C23H21NO3/c1-2-21(27-18-13-7-4-8-14-18)23(26)24-20-16-10-9-15-19(20)22(25)17-11-5-3-6-12-17/h3-16,21H,2H2,1H3,(H,24,26)/t21-/m0/s1. The summed E-state index contributed by atoms with van der Waals surface area (Å²) in [6.07, 6.45) is -0.137. The van der Waals surface area contributed by atoms with Gasteiger partial charge in [0.2, 0.25) is 0 Å². The first-order valence-corrected chi connectivity index (χ1v) is 8.90. The lowest BCUT2D eigenvalue weighted by Gasteiger charge is -2.18. The van der Waals surface area contributed by atoms with Crippen molar-refractivity contribution in [3.63, 3.8) is 0 Å². The highest BCUT2D eigenvalue weighted by Gasteiger charge is 2.21. The number of amides is 1. The average molecular weight is 359 g/mol. The minimum Gasteiger partial charge on any atom is -0.481 e. The van der Waals surface area contributed by atoms with Gasteiger partial charge in [0.05, 0.1) is 5.69 Å². The van der Waals surface area contributed by atoms with Gasteiger partial charge in [0, 0.05) is 11.1 Å². The van der Waals surface area contributed by atoms with Gasteiger partial charge in [-0.15, -0.1) is 0 Å². The lowest BCUT2D eigenvalue weighted by molar-refractivity contribution is -0.122. The molecule has 0 fully saturated rings. The SMILES string of the molecule is CC[C@H](Oc1ccccc1)C(=O)Nc1ccccc1C(=O)c1ccccc1. The Labute approximate surface area is 158 Å². The Balaban J connectivity index is 1.79. The first kappa shape index (κ1) is 18.4. The fourth-order valence-corrected chi connectivity index (χ4v) is 2.73. The predicted molar refractivity (Wildman–Crippen MR) is 106 cm³/mol. The van der Waals surface area contributed by atoms with E-state index >= 15 is 0 Å². The van der Waals surface area contributed by atoms with Gasteiger partial charge in [-0.1, -0.05) is 67.6 Å². The average Bonchev–Trinajstić information content (AvgIpc) is 2.73. The van der Waals surface area contributed by atoms with Crippen molar-refractivity contribution in [3.8, 4) is 5.75 Å². The van der Waals surface area contributed by atoms with Gasteiger partial charge in [-0.2, -0.15) is 0 Å². The molecule has 4 heteroatoms. The van der Waals surface area contributed by atoms with Crippen LogP contribution in [0.15, 0.2) is 84.9 Å². The van der Waals surface area contributed by atoms with Crippen molar-refractivity contribution in [2.24, 2.45) is 0 Å². The van der Waals surface area contributed by atoms with Crippen LogP contribution in [0.4, 0.5) is 5.69 Å². The number of nitrogens with one attached hydrogen (secondary N) is 1. The lowest BCUT2D eigenvalue weighted by Crippen LogP contribution is -2.32. The van der Waals surface area contributed by atoms with E-state index in [1.807, 2.05) is 55.5 Å². The van der Waals surface area contributed by atoms with Crippen LogP contribution >= 0.6 is 0 Å². The van der Waals surface area contributed by atoms with Crippen LogP contribution in [0.2, 0.25) is 0 Å². The normalized spacial score (nSPS) is 11.4. The number of para-hydroxylation sites is 2. The molecular formula is C23H21NO3. The van der Waals surface area contributed by atoms with E-state index in [0.29, 0.717) is 29.0 Å². The Morgan fingerprint density at radius 3 is 2.11 bits per heavy atom. The third-order valence-corrected chi connectivity index (χ3v) is 4.15. The first-order valence-electron chi connectivity index (χ1n) is 8.90. The number of carbonyl (C=O) groups is 2. The molecule has 3 aromatic carbocycles. The number of rotatable bonds is 7. The molecule has 1 atom stereocenters. The molecule has 0 heterocycles. The van der Waals surface area contributed by atoms with E-state index in [-0.39, 0.29) is 11.7 Å². The molecular weight excluding hydrogens is 338 g/mol. The molecule has 4 nitrogen and oxygen atoms in total. The molecule has 0 spiro atoms. The maximum Gasteiger partial charge on any atom is 0.265 e. The monoisotopic (exact) mass is 359 g/mol. The number of ether oxygens (including phenoxy) is 1. The second kappa shape index (κ2) is 8.81. The van der Waals surface area contributed by atoms with Crippen molar-refractivity contribution < 1.29 is 14.3 Å². The fourth-order valence-electron chi connectivity index (χ4n) is 2.73. The van der Waals surface area contributed by atoms with E-state index in [4.69, 9.17) is 4.74 Å². The van der Waals surface area contributed by atoms with Gasteiger partial charge in [-0.25, -0.2) is 0 Å². The van der Waals surface area contributed by atoms with Gasteiger partial charge in [-0.3, -0.25) is 9.59 Å². The highest BCUT2D eigenvalue weighted by molar-refractivity contribution is 6.14. The van der Waals surface area contributed by atoms with Crippen LogP contribution in [0.5, 0.6) is 5.75 Å². The zero-order valence-electron chi connectivity index (χ0n) is 15.1. The third kappa shape index (κ3) is 4.61. The predicted octanol–water partition coefficient (Wildman–Crippen LogP) is 4.71. The molecule has 0 unspecified atom stereocenters. The second-order valence-corrected chi connectivity index (χ2v) is 6.06. The summed E-state index contributed by atoms with van der Waals surface area (Å²) in [5.41, 5.74) is 1.50. The van der Waals surface area contributed by atoms with Crippen LogP contribution in [0, 0.1) is 0 Å². The summed E-state index contributed by atoms with van der Waals surface area (Å²) in [6.45, 7) is 1.88. The molecule has 1 amide bonds. The highest BCUT2D eigenvalue weighted by atomic mass is 16.5. The largest absolute Gasteiger partial charge is 0.481 e. The maximum atomic E-state index is 12.8. The van der Waals surface area contributed by atoms with Crippen molar-refractivity contribution in [1.82, 2.24) is 0 Å². The van der Waals surface area contributed by atoms with E-state index in [0.717, 1.165) is 0 Å². The summed E-state index contributed by atoms with van der Waals surface area (Å²) in [5, 5.41) is 2.85. The zero-order chi connectivity index (χ0) is 19.1. The van der Waals surface area contributed by atoms with E-state index < -0.39 is 6.10 Å². The smallest absolute Gasteiger partial charge is 0.265 e. The molecule has 3 rings (SSSR count). The maximum absolute atomic E-state index is 12.8. The highest BCUT2D eigenvalue weighted by Crippen LogP contribution is 2.21. The fraction of sp³-hybridized carbons (Fsp3) is 0.130. The molecule has 0 bridgehead atoms. The van der Waals surface area contributed by atoms with Gasteiger partial charge < -0.3 is 10.1 Å². The van der Waals surface area contributed by atoms with Gasteiger partial charge in [-0.05, 0) is 30.7 Å². The number of ketones is 1.